The van der Waals surface area contributed by atoms with Gasteiger partial charge in [0, 0.05) is 6.61 Å². The fourth-order valence-corrected chi connectivity index (χ4v) is 4.05. The van der Waals surface area contributed by atoms with Gasteiger partial charge < -0.3 is 90.4 Å². The van der Waals surface area contributed by atoms with Crippen LogP contribution in [0.2, 0.25) is 0 Å². The Morgan fingerprint density at radius 1 is 0.172 bits per heavy atom. The molecule has 0 aromatic carbocycles. The highest BCUT2D eigenvalue weighted by atomic mass is 16.6. The first-order valence-electron chi connectivity index (χ1n) is 20.9. The SMILES string of the molecule is CCCOCCOCCOCCOCCOCCOCCOCCOCCOCCOCCOCCOCCOCCOCCOCCOCCOCCOCCO. The van der Waals surface area contributed by atoms with Crippen molar-refractivity contribution in [3.05, 3.63) is 0 Å². The Kier molecular flexibility index (Phi) is 55.5. The zero-order valence-corrected chi connectivity index (χ0v) is 35.7. The minimum Gasteiger partial charge on any atom is -0.394 e. The van der Waals surface area contributed by atoms with Crippen LogP contribution in [0.4, 0.5) is 0 Å². The van der Waals surface area contributed by atoms with E-state index in [1.54, 1.807) is 0 Å². The Balaban J connectivity index is 3.05. The summed E-state index contributed by atoms with van der Waals surface area (Å²) in [5, 5.41) is 8.59. The van der Waals surface area contributed by atoms with Crippen LogP contribution in [0.5, 0.6) is 0 Å². The average molecular weight is 853 g/mol. The van der Waals surface area contributed by atoms with Gasteiger partial charge in [0.2, 0.25) is 0 Å². The molecule has 0 bridgehead atoms. The van der Waals surface area contributed by atoms with Crippen molar-refractivity contribution in [1.82, 2.24) is 0 Å². The molecule has 0 aromatic rings. The predicted octanol–water partition coefficient (Wildman–Crippen LogP) is 0.688. The maximum atomic E-state index is 8.59. The lowest BCUT2D eigenvalue weighted by Gasteiger charge is -2.09. The summed E-state index contributed by atoms with van der Waals surface area (Å²) in [4.78, 5) is 0. The lowest BCUT2D eigenvalue weighted by molar-refractivity contribution is -0.0310. The summed E-state index contributed by atoms with van der Waals surface area (Å²) in [7, 11) is 0. The van der Waals surface area contributed by atoms with E-state index >= 15 is 0 Å². The minimum absolute atomic E-state index is 0.0213. The van der Waals surface area contributed by atoms with Crippen molar-refractivity contribution in [2.24, 2.45) is 0 Å². The molecule has 350 valence electrons. The Hall–Kier alpha value is -0.760. The third kappa shape index (κ3) is 55.2. The Morgan fingerprint density at radius 3 is 0.379 bits per heavy atom. The maximum Gasteiger partial charge on any atom is 0.0701 e. The molecule has 0 aliphatic carbocycles. The second-order valence-corrected chi connectivity index (χ2v) is 11.7. The van der Waals surface area contributed by atoms with Gasteiger partial charge in [-0.1, -0.05) is 6.92 Å². The molecule has 0 rings (SSSR count). The first kappa shape index (κ1) is 57.2. The predicted molar refractivity (Wildman–Crippen MR) is 212 cm³/mol. The van der Waals surface area contributed by atoms with Gasteiger partial charge in [0.25, 0.3) is 0 Å². The van der Waals surface area contributed by atoms with E-state index in [2.05, 4.69) is 6.92 Å². The van der Waals surface area contributed by atoms with Gasteiger partial charge in [-0.3, -0.25) is 0 Å². The molecule has 0 saturated carbocycles. The molecule has 1 N–H and O–H groups in total. The lowest BCUT2D eigenvalue weighted by atomic mass is 10.5. The number of aliphatic hydroxyl groups is 1. The highest BCUT2D eigenvalue weighted by molar-refractivity contribution is 4.41. The molecule has 58 heavy (non-hydrogen) atoms. The van der Waals surface area contributed by atoms with Crippen LogP contribution in [0.15, 0.2) is 0 Å². The second kappa shape index (κ2) is 56.2. The van der Waals surface area contributed by atoms with Crippen LogP contribution in [-0.4, -0.2) is 250 Å². The Bertz CT molecular complexity index is 647. The summed E-state index contributed by atoms with van der Waals surface area (Å²) in [5.41, 5.74) is 0. The third-order valence-corrected chi connectivity index (χ3v) is 6.91. The Labute approximate surface area is 347 Å². The van der Waals surface area contributed by atoms with Crippen molar-refractivity contribution in [2.45, 2.75) is 13.3 Å². The lowest BCUT2D eigenvalue weighted by Crippen LogP contribution is -2.16. The van der Waals surface area contributed by atoms with Gasteiger partial charge in [0.1, 0.15) is 0 Å². The van der Waals surface area contributed by atoms with Crippen molar-refractivity contribution in [2.75, 3.05) is 244 Å². The van der Waals surface area contributed by atoms with Crippen LogP contribution in [0.3, 0.4) is 0 Å². The van der Waals surface area contributed by atoms with E-state index in [4.69, 9.17) is 90.4 Å². The molecular weight excluding hydrogens is 772 g/mol. The van der Waals surface area contributed by atoms with Crippen LogP contribution < -0.4 is 0 Å². The van der Waals surface area contributed by atoms with Crippen LogP contribution in [0.25, 0.3) is 0 Å². The number of hydrogen-bond acceptors (Lipinski definition) is 19. The highest BCUT2D eigenvalue weighted by Gasteiger charge is 1.98. The molecule has 0 spiro atoms. The van der Waals surface area contributed by atoms with Crippen LogP contribution in [0.1, 0.15) is 13.3 Å². The first-order chi connectivity index (χ1) is 28.9. The van der Waals surface area contributed by atoms with Crippen LogP contribution >= 0.6 is 0 Å². The summed E-state index contributed by atoms with van der Waals surface area (Å²) in [6, 6.07) is 0. The average Bonchev–Trinajstić information content (AvgIpc) is 3.23. The summed E-state index contributed by atoms with van der Waals surface area (Å²) < 4.78 is 97.9. The molecule has 0 atom stereocenters. The van der Waals surface area contributed by atoms with Crippen molar-refractivity contribution < 1.29 is 90.4 Å². The summed E-state index contributed by atoms with van der Waals surface area (Å²) >= 11 is 0. The molecule has 0 aliphatic rings. The van der Waals surface area contributed by atoms with Crippen molar-refractivity contribution in [3.8, 4) is 0 Å². The van der Waals surface area contributed by atoms with E-state index in [1.165, 1.54) is 0 Å². The molecule has 0 fully saturated rings. The van der Waals surface area contributed by atoms with Gasteiger partial charge in [-0.25, -0.2) is 0 Å². The fraction of sp³-hybridized carbons (Fsp3) is 1.00. The molecule has 0 aliphatic heterocycles. The van der Waals surface area contributed by atoms with Gasteiger partial charge in [0.15, 0.2) is 0 Å². The van der Waals surface area contributed by atoms with Gasteiger partial charge in [0.05, 0.1) is 238 Å². The molecule has 0 amide bonds. The zero-order valence-electron chi connectivity index (χ0n) is 35.7. The topological polar surface area (TPSA) is 186 Å². The molecular formula is C39H80O19. The van der Waals surface area contributed by atoms with E-state index in [0.29, 0.717) is 231 Å². The molecule has 0 radical (unpaired) electrons. The van der Waals surface area contributed by atoms with Gasteiger partial charge in [-0.05, 0) is 6.42 Å². The molecule has 0 unspecified atom stereocenters. The minimum atomic E-state index is 0.0213. The molecule has 19 nitrogen and oxygen atoms in total. The van der Waals surface area contributed by atoms with E-state index < -0.39 is 0 Å². The number of hydrogen-bond donors (Lipinski definition) is 1. The largest absolute Gasteiger partial charge is 0.394 e. The summed E-state index contributed by atoms with van der Waals surface area (Å²) in [5.74, 6) is 0. The summed E-state index contributed by atoms with van der Waals surface area (Å²) in [6.45, 7) is 20.5. The number of aliphatic hydroxyl groups excluding tert-OH is 1. The highest BCUT2D eigenvalue weighted by Crippen LogP contribution is 1.89. The van der Waals surface area contributed by atoms with Crippen molar-refractivity contribution in [1.29, 1.82) is 0 Å². The molecule has 19 heteroatoms. The van der Waals surface area contributed by atoms with Gasteiger partial charge in [-0.2, -0.15) is 0 Å². The maximum absolute atomic E-state index is 8.59. The van der Waals surface area contributed by atoms with E-state index in [1.807, 2.05) is 0 Å². The van der Waals surface area contributed by atoms with Crippen molar-refractivity contribution in [3.63, 3.8) is 0 Å². The molecule has 0 saturated heterocycles. The molecule has 0 heterocycles. The van der Waals surface area contributed by atoms with E-state index in [-0.39, 0.29) is 6.61 Å². The third-order valence-electron chi connectivity index (χ3n) is 6.91. The normalized spacial score (nSPS) is 11.7. The van der Waals surface area contributed by atoms with Crippen LogP contribution in [-0.2, 0) is 85.3 Å². The monoisotopic (exact) mass is 853 g/mol. The Morgan fingerprint density at radius 2 is 0.276 bits per heavy atom. The van der Waals surface area contributed by atoms with E-state index in [9.17, 15) is 0 Å². The second-order valence-electron chi connectivity index (χ2n) is 11.7. The van der Waals surface area contributed by atoms with Crippen LogP contribution in [0, 0.1) is 0 Å². The van der Waals surface area contributed by atoms with Crippen molar-refractivity contribution >= 4 is 0 Å². The smallest absolute Gasteiger partial charge is 0.0701 e. The quantitative estimate of drug-likeness (QED) is 0.0842. The standard InChI is InChI=1S/C39H80O19/c1-2-4-41-6-8-43-10-12-45-14-16-47-18-20-49-22-24-51-26-28-53-30-32-55-34-36-57-38-39-58-37-35-56-33-31-54-29-27-52-25-23-50-21-19-48-17-15-46-13-11-44-9-7-42-5-3-40/h40H,2-39H2,1H3. The van der Waals surface area contributed by atoms with Gasteiger partial charge in [-0.15, -0.1) is 0 Å². The first-order valence-corrected chi connectivity index (χ1v) is 20.9. The van der Waals surface area contributed by atoms with Gasteiger partial charge >= 0.3 is 0 Å². The number of rotatable bonds is 55. The zero-order chi connectivity index (χ0) is 41.6. The molecule has 0 aromatic heterocycles. The summed E-state index contributed by atoms with van der Waals surface area (Å²) in [6.07, 6.45) is 1.02. The fourth-order valence-electron chi connectivity index (χ4n) is 4.05. The van der Waals surface area contributed by atoms with E-state index in [0.717, 1.165) is 13.0 Å². The number of ether oxygens (including phenoxy) is 18.